The molecule has 0 radical (unpaired) electrons. The Bertz CT molecular complexity index is 1750. The van der Waals surface area contributed by atoms with E-state index >= 15 is 0 Å². The number of rotatable bonds is 10. The van der Waals surface area contributed by atoms with Crippen molar-refractivity contribution in [2.45, 2.75) is 13.5 Å². The normalized spacial score (nSPS) is 10.5. The number of anilines is 2. The molecule has 0 fully saturated rings. The van der Waals surface area contributed by atoms with Crippen LogP contribution < -0.4 is 25.2 Å². The minimum atomic E-state index is -0.449. The highest BCUT2D eigenvalue weighted by atomic mass is 35.5. The topological polar surface area (TPSA) is 104 Å². The summed E-state index contributed by atoms with van der Waals surface area (Å²) in [7, 11) is 7.07. The first-order valence-corrected chi connectivity index (χ1v) is 14.5. The number of fused-ring (bicyclic) bond motifs is 1. The van der Waals surface area contributed by atoms with E-state index in [-0.39, 0.29) is 54.8 Å². The number of pyridine rings is 1. The molecule has 0 aliphatic rings. The van der Waals surface area contributed by atoms with Crippen LogP contribution in [-0.4, -0.2) is 57.4 Å². The van der Waals surface area contributed by atoms with Crippen LogP contribution in [0.1, 0.15) is 27.2 Å². The number of ether oxygens (including phenoxy) is 1. The summed E-state index contributed by atoms with van der Waals surface area (Å²) in [6.45, 7) is 1.72. The number of amides is 3. The van der Waals surface area contributed by atoms with Crippen molar-refractivity contribution in [1.29, 1.82) is 0 Å². The minimum Gasteiger partial charge on any atom is -0.487 e. The second-order valence-corrected chi connectivity index (χ2v) is 11.0. The predicted molar refractivity (Wildman–Crippen MR) is 191 cm³/mol. The molecule has 0 saturated carbocycles. The van der Waals surface area contributed by atoms with E-state index < -0.39 is 5.91 Å². The van der Waals surface area contributed by atoms with Gasteiger partial charge in [0.1, 0.15) is 17.9 Å². The number of para-hydroxylation sites is 1. The van der Waals surface area contributed by atoms with Crippen LogP contribution in [0.2, 0.25) is 10.0 Å². The fourth-order valence-corrected chi connectivity index (χ4v) is 5.08. The number of hydrogen-bond donors (Lipinski definition) is 2. The van der Waals surface area contributed by atoms with E-state index in [1.807, 2.05) is 50.2 Å². The molecule has 2 N–H and O–H groups in total. The summed E-state index contributed by atoms with van der Waals surface area (Å²) < 4.78 is 6.18. The van der Waals surface area contributed by atoms with Crippen molar-refractivity contribution in [3.8, 4) is 5.75 Å². The monoisotopic (exact) mass is 705 g/mol. The van der Waals surface area contributed by atoms with Gasteiger partial charge in [-0.2, -0.15) is 0 Å². The summed E-state index contributed by atoms with van der Waals surface area (Å²) in [4.78, 5) is 45.1. The average molecular weight is 707 g/mol. The zero-order valence-corrected chi connectivity index (χ0v) is 29.0. The Balaban J connectivity index is 0.00000368. The second-order valence-electron chi connectivity index (χ2n) is 10.2. The molecule has 1 aromatic heterocycles. The Morgan fingerprint density at radius 1 is 0.957 bits per heavy atom. The van der Waals surface area contributed by atoms with Gasteiger partial charge in [0.15, 0.2) is 0 Å². The quantitative estimate of drug-likeness (QED) is 0.183. The number of carbonyl (C=O) groups is 3. The summed E-state index contributed by atoms with van der Waals surface area (Å²) in [5.74, 6) is -0.454. The molecule has 4 rings (SSSR count). The molecule has 46 heavy (non-hydrogen) atoms. The van der Waals surface area contributed by atoms with Gasteiger partial charge in [0.25, 0.3) is 5.91 Å². The van der Waals surface area contributed by atoms with Crippen LogP contribution in [0.5, 0.6) is 5.75 Å². The van der Waals surface area contributed by atoms with E-state index in [4.69, 9.17) is 32.9 Å². The molecule has 0 atom stereocenters. The number of nitrogens with one attached hydrogen (secondary N) is 2. The summed E-state index contributed by atoms with van der Waals surface area (Å²) in [5, 5.41) is 6.73. The Morgan fingerprint density at radius 2 is 1.65 bits per heavy atom. The number of carbonyl (C=O) groups excluding carboxylic acids is 3. The van der Waals surface area contributed by atoms with Gasteiger partial charge >= 0.3 is 0 Å². The van der Waals surface area contributed by atoms with E-state index in [2.05, 4.69) is 10.6 Å². The highest BCUT2D eigenvalue weighted by Crippen LogP contribution is 2.36. The van der Waals surface area contributed by atoms with Gasteiger partial charge in [-0.3, -0.25) is 14.4 Å². The van der Waals surface area contributed by atoms with Crippen LogP contribution in [0.4, 0.5) is 11.4 Å². The van der Waals surface area contributed by atoms with Crippen molar-refractivity contribution in [2.24, 2.45) is 0 Å². The Kier molecular flexibility index (Phi) is 14.1. The third-order valence-corrected chi connectivity index (χ3v) is 7.68. The van der Waals surface area contributed by atoms with Gasteiger partial charge in [-0.15, -0.1) is 24.8 Å². The number of hydrogen-bond acceptors (Lipinski definition) is 6. The van der Waals surface area contributed by atoms with Crippen LogP contribution >= 0.6 is 48.0 Å². The van der Waals surface area contributed by atoms with E-state index in [0.717, 1.165) is 27.8 Å². The first-order chi connectivity index (χ1) is 21.0. The molecule has 9 nitrogen and oxygen atoms in total. The lowest BCUT2D eigenvalue weighted by Gasteiger charge is -2.21. The first kappa shape index (κ1) is 38.2. The summed E-state index contributed by atoms with van der Waals surface area (Å²) in [6.07, 6.45) is 2.91. The van der Waals surface area contributed by atoms with Gasteiger partial charge in [-0.25, -0.2) is 4.98 Å². The number of likely N-dealkylation sites (N-methyl/N-ethyl adjacent to an activating group) is 1. The SMILES string of the molecule is CNC(=O)c1ccc(/C=C/C(=O)NCC(=O)N(C)c2ccc(Cl)c(COc3cccc4c(N(C)C)cc(C)nc34)c2Cl)cc1.Cl.Cl. The number of benzene rings is 3. The maximum atomic E-state index is 13.0. The first-order valence-electron chi connectivity index (χ1n) is 13.7. The highest BCUT2D eigenvalue weighted by molar-refractivity contribution is 6.38. The molecular weight excluding hydrogens is 672 g/mol. The molecule has 0 saturated heterocycles. The van der Waals surface area contributed by atoms with Gasteiger partial charge in [-0.1, -0.05) is 47.5 Å². The number of nitrogens with zero attached hydrogens (tertiary/aromatic N) is 3. The van der Waals surface area contributed by atoms with Crippen molar-refractivity contribution in [3.63, 3.8) is 0 Å². The summed E-state index contributed by atoms with van der Waals surface area (Å²) >= 11 is 13.3. The minimum absolute atomic E-state index is 0. The van der Waals surface area contributed by atoms with E-state index in [1.165, 1.54) is 11.0 Å². The van der Waals surface area contributed by atoms with Crippen LogP contribution in [0.3, 0.4) is 0 Å². The van der Waals surface area contributed by atoms with Crippen LogP contribution in [0.15, 0.2) is 66.7 Å². The maximum absolute atomic E-state index is 13.0. The third-order valence-electron chi connectivity index (χ3n) is 6.90. The van der Waals surface area contributed by atoms with Gasteiger partial charge < -0.3 is 25.2 Å². The van der Waals surface area contributed by atoms with E-state index in [9.17, 15) is 14.4 Å². The smallest absolute Gasteiger partial charge is 0.251 e. The molecule has 0 unspecified atom stereocenters. The molecule has 0 spiro atoms. The number of halogens is 4. The lowest BCUT2D eigenvalue weighted by atomic mass is 10.1. The van der Waals surface area contributed by atoms with Crippen molar-refractivity contribution in [2.75, 3.05) is 44.5 Å². The van der Waals surface area contributed by atoms with E-state index in [1.54, 1.807) is 56.6 Å². The van der Waals surface area contributed by atoms with E-state index in [0.29, 0.717) is 27.6 Å². The van der Waals surface area contributed by atoms with Crippen molar-refractivity contribution in [3.05, 3.63) is 99.2 Å². The average Bonchev–Trinajstić information content (AvgIpc) is 3.01. The molecular formula is C33H35Cl4N5O4. The molecule has 4 aromatic rings. The predicted octanol–water partition coefficient (Wildman–Crippen LogP) is 6.49. The third kappa shape index (κ3) is 9.04. The Morgan fingerprint density at radius 3 is 2.30 bits per heavy atom. The fourth-order valence-electron chi connectivity index (χ4n) is 4.48. The number of aryl methyl sites for hydroxylation is 1. The number of aromatic nitrogens is 1. The zero-order valence-electron chi connectivity index (χ0n) is 25.9. The lowest BCUT2D eigenvalue weighted by Crippen LogP contribution is -2.37. The van der Waals surface area contributed by atoms with Crippen molar-refractivity contribution < 1.29 is 19.1 Å². The molecule has 0 aliphatic heterocycles. The molecule has 3 aromatic carbocycles. The van der Waals surface area contributed by atoms with Crippen LogP contribution in [-0.2, 0) is 16.2 Å². The van der Waals surface area contributed by atoms with Crippen molar-refractivity contribution >= 4 is 94.1 Å². The highest BCUT2D eigenvalue weighted by Gasteiger charge is 2.20. The van der Waals surface area contributed by atoms with Gasteiger partial charge in [0, 0.05) is 67.2 Å². The molecule has 3 amide bonds. The molecule has 13 heteroatoms. The zero-order chi connectivity index (χ0) is 32.0. The van der Waals surface area contributed by atoms with Crippen molar-refractivity contribution in [1.82, 2.24) is 15.6 Å². The maximum Gasteiger partial charge on any atom is 0.251 e. The summed E-state index contributed by atoms with van der Waals surface area (Å²) in [5.41, 5.74) is 4.77. The van der Waals surface area contributed by atoms with Crippen LogP contribution in [0, 0.1) is 6.92 Å². The lowest BCUT2D eigenvalue weighted by molar-refractivity contribution is -0.122. The molecule has 0 aliphatic carbocycles. The molecule has 0 bridgehead atoms. The largest absolute Gasteiger partial charge is 0.487 e. The van der Waals surface area contributed by atoms with Gasteiger partial charge in [-0.05, 0) is 55.0 Å². The van der Waals surface area contributed by atoms with Gasteiger partial charge in [0.05, 0.1) is 17.3 Å². The Labute approximate surface area is 290 Å². The Hall–Kier alpha value is -4.02. The second kappa shape index (κ2) is 17.1. The fraction of sp³-hybridized carbons (Fsp3) is 0.212. The van der Waals surface area contributed by atoms with Gasteiger partial charge in [0.2, 0.25) is 11.8 Å². The molecule has 1 heterocycles. The van der Waals surface area contributed by atoms with Crippen LogP contribution in [0.25, 0.3) is 17.0 Å². The standard InChI is InChI=1S/C33H33Cl2N5O4.2ClH/c1-20-17-27(39(3)4)23-7-6-8-28(32(23)38-20)44-19-24-25(34)14-15-26(31(24)35)40(5)30(42)18-37-29(41)16-11-21-9-12-22(13-10-21)33(43)36-2;;/h6-17H,18-19H2,1-5H3,(H,36,43)(H,37,41);2*1H/b16-11+;;. The molecule has 244 valence electrons. The summed E-state index contributed by atoms with van der Waals surface area (Å²) in [6, 6.07) is 17.8.